The lowest BCUT2D eigenvalue weighted by Crippen LogP contribution is -2.30. The monoisotopic (exact) mass is 461 g/mol. The molecule has 33 heavy (non-hydrogen) atoms. The maximum Gasteiger partial charge on any atom is 0.262 e. The molecule has 0 saturated carbocycles. The fourth-order valence-corrected chi connectivity index (χ4v) is 4.76. The fourth-order valence-electron chi connectivity index (χ4n) is 3.86. The normalized spacial score (nSPS) is 13.4. The molecule has 2 aromatic heterocycles. The molecule has 0 bridgehead atoms. The van der Waals surface area contributed by atoms with Crippen molar-refractivity contribution in [1.29, 1.82) is 0 Å². The molecular weight excluding hydrogens is 438 g/mol. The lowest BCUT2D eigenvalue weighted by atomic mass is 10.0. The average Bonchev–Trinajstić information content (AvgIpc) is 3.52. The minimum Gasteiger partial charge on any atom is -0.496 e. The van der Waals surface area contributed by atoms with E-state index in [0.717, 1.165) is 33.3 Å². The molecule has 0 aliphatic carbocycles. The quantitative estimate of drug-likeness (QED) is 0.459. The molecular formula is C25H23N3O4S. The van der Waals surface area contributed by atoms with E-state index in [2.05, 4.69) is 10.3 Å². The molecule has 1 amide bonds. The Morgan fingerprint density at radius 3 is 2.73 bits per heavy atom. The van der Waals surface area contributed by atoms with Gasteiger partial charge in [0.15, 0.2) is 11.5 Å². The van der Waals surface area contributed by atoms with Gasteiger partial charge < -0.3 is 24.1 Å². The minimum absolute atomic E-state index is 0.178. The molecule has 2 aromatic carbocycles. The Hall–Kier alpha value is -3.78. The van der Waals surface area contributed by atoms with Gasteiger partial charge in [-0.15, -0.1) is 11.3 Å². The summed E-state index contributed by atoms with van der Waals surface area (Å²) in [7, 11) is 3.52. The first-order chi connectivity index (χ1) is 16.1. The van der Waals surface area contributed by atoms with Crippen molar-refractivity contribution in [2.45, 2.75) is 6.04 Å². The number of carbonyl (C=O) groups is 1. The van der Waals surface area contributed by atoms with Gasteiger partial charge in [-0.3, -0.25) is 4.79 Å². The summed E-state index contributed by atoms with van der Waals surface area (Å²) in [5.41, 5.74) is 1.82. The van der Waals surface area contributed by atoms with E-state index < -0.39 is 6.04 Å². The van der Waals surface area contributed by atoms with Crippen LogP contribution in [0.1, 0.15) is 27.1 Å². The van der Waals surface area contributed by atoms with Crippen LogP contribution in [0.5, 0.6) is 17.2 Å². The predicted molar refractivity (Wildman–Crippen MR) is 126 cm³/mol. The van der Waals surface area contributed by atoms with Gasteiger partial charge >= 0.3 is 0 Å². The van der Waals surface area contributed by atoms with Gasteiger partial charge in [0, 0.05) is 29.9 Å². The van der Waals surface area contributed by atoms with Crippen LogP contribution >= 0.6 is 11.3 Å². The Morgan fingerprint density at radius 1 is 1.12 bits per heavy atom. The van der Waals surface area contributed by atoms with E-state index in [1.54, 1.807) is 13.3 Å². The molecule has 5 rings (SSSR count). The number of rotatable bonds is 6. The summed E-state index contributed by atoms with van der Waals surface area (Å²) in [6, 6.07) is 16.8. The standard InChI is InChI=1S/C25H23N3O4S/c1-28-12-11-26-24(28)23(17-5-3-4-6-18(17)30-2)27-25(29)22-10-9-21(33-22)16-7-8-19-20(15-16)32-14-13-31-19/h3-12,15,23H,13-14H2,1-2H3,(H,27,29). The molecule has 0 fully saturated rings. The van der Waals surface area contributed by atoms with Crippen molar-refractivity contribution in [3.8, 4) is 27.7 Å². The topological polar surface area (TPSA) is 74.6 Å². The van der Waals surface area contributed by atoms with Crippen LogP contribution in [0.4, 0.5) is 0 Å². The van der Waals surface area contributed by atoms with Gasteiger partial charge in [0.05, 0.1) is 12.0 Å². The zero-order valence-corrected chi connectivity index (χ0v) is 19.1. The smallest absolute Gasteiger partial charge is 0.262 e. The van der Waals surface area contributed by atoms with E-state index >= 15 is 0 Å². The number of methoxy groups -OCH3 is 1. The second kappa shape index (κ2) is 8.99. The highest BCUT2D eigenvalue weighted by Crippen LogP contribution is 2.37. The summed E-state index contributed by atoms with van der Waals surface area (Å²) in [5.74, 6) is 2.70. The summed E-state index contributed by atoms with van der Waals surface area (Å²) in [6.07, 6.45) is 3.57. The number of benzene rings is 2. The number of nitrogens with one attached hydrogen (secondary N) is 1. The summed E-state index contributed by atoms with van der Waals surface area (Å²) >= 11 is 1.43. The molecule has 4 aromatic rings. The van der Waals surface area contributed by atoms with Crippen LogP contribution in [-0.2, 0) is 7.05 Å². The molecule has 1 aliphatic rings. The Bertz CT molecular complexity index is 1300. The molecule has 0 spiro atoms. The van der Waals surface area contributed by atoms with E-state index in [9.17, 15) is 4.79 Å². The zero-order valence-electron chi connectivity index (χ0n) is 18.3. The summed E-state index contributed by atoms with van der Waals surface area (Å²) < 4.78 is 18.7. The highest BCUT2D eigenvalue weighted by Gasteiger charge is 2.25. The summed E-state index contributed by atoms with van der Waals surface area (Å²) in [6.45, 7) is 1.09. The number of aryl methyl sites for hydroxylation is 1. The highest BCUT2D eigenvalue weighted by molar-refractivity contribution is 7.17. The van der Waals surface area contributed by atoms with Crippen LogP contribution in [0.3, 0.4) is 0 Å². The number of hydrogen-bond acceptors (Lipinski definition) is 6. The van der Waals surface area contributed by atoms with Crippen molar-refractivity contribution in [1.82, 2.24) is 14.9 Å². The van der Waals surface area contributed by atoms with Gasteiger partial charge in [-0.25, -0.2) is 4.98 Å². The Balaban J connectivity index is 1.43. The first kappa shape index (κ1) is 21.1. The number of nitrogens with zero attached hydrogens (tertiary/aromatic N) is 2. The first-order valence-electron chi connectivity index (χ1n) is 10.5. The van der Waals surface area contributed by atoms with Crippen LogP contribution in [0.25, 0.3) is 10.4 Å². The number of fused-ring (bicyclic) bond motifs is 1. The number of hydrogen-bond donors (Lipinski definition) is 1. The molecule has 0 radical (unpaired) electrons. The van der Waals surface area contributed by atoms with Crippen molar-refractivity contribution in [2.75, 3.05) is 20.3 Å². The molecule has 168 valence electrons. The maximum absolute atomic E-state index is 13.3. The number of aromatic nitrogens is 2. The zero-order chi connectivity index (χ0) is 22.8. The number of thiophene rings is 1. The van der Waals surface area contributed by atoms with Crippen LogP contribution < -0.4 is 19.5 Å². The SMILES string of the molecule is COc1ccccc1C(NC(=O)c1ccc(-c2ccc3c(c2)OCCO3)s1)c1nccn1C. The molecule has 1 aliphatic heterocycles. The van der Waals surface area contributed by atoms with Gasteiger partial charge in [0.1, 0.15) is 30.8 Å². The summed E-state index contributed by atoms with van der Waals surface area (Å²) in [5, 5.41) is 3.15. The lowest BCUT2D eigenvalue weighted by molar-refractivity contribution is 0.0945. The average molecular weight is 462 g/mol. The number of imidazole rings is 1. The van der Waals surface area contributed by atoms with Crippen molar-refractivity contribution in [3.63, 3.8) is 0 Å². The van der Waals surface area contributed by atoms with Crippen molar-refractivity contribution in [3.05, 3.63) is 83.3 Å². The first-order valence-corrected chi connectivity index (χ1v) is 11.4. The molecule has 8 heteroatoms. The number of carbonyl (C=O) groups excluding carboxylic acids is 1. The van der Waals surface area contributed by atoms with Crippen molar-refractivity contribution >= 4 is 17.2 Å². The van der Waals surface area contributed by atoms with Crippen LogP contribution in [0.15, 0.2) is 67.0 Å². The third-order valence-electron chi connectivity index (χ3n) is 5.50. The van der Waals surface area contributed by atoms with Crippen molar-refractivity contribution in [2.24, 2.45) is 7.05 Å². The number of ether oxygens (including phenoxy) is 3. The molecule has 7 nitrogen and oxygen atoms in total. The molecule has 1 atom stereocenters. The van der Waals surface area contributed by atoms with Crippen LogP contribution in [0, 0.1) is 0 Å². The van der Waals surface area contributed by atoms with Crippen LogP contribution in [0.2, 0.25) is 0 Å². The van der Waals surface area contributed by atoms with E-state index in [4.69, 9.17) is 14.2 Å². The largest absolute Gasteiger partial charge is 0.496 e. The summed E-state index contributed by atoms with van der Waals surface area (Å²) in [4.78, 5) is 19.3. The minimum atomic E-state index is -0.464. The second-order valence-corrected chi connectivity index (χ2v) is 8.65. The Kier molecular flexibility index (Phi) is 5.75. The lowest BCUT2D eigenvalue weighted by Gasteiger charge is -2.21. The van der Waals surface area contributed by atoms with Gasteiger partial charge in [-0.1, -0.05) is 18.2 Å². The molecule has 0 saturated heterocycles. The van der Waals surface area contributed by atoms with Crippen molar-refractivity contribution < 1.29 is 19.0 Å². The van der Waals surface area contributed by atoms with E-state index in [1.807, 2.05) is 72.4 Å². The van der Waals surface area contributed by atoms with Crippen LogP contribution in [-0.4, -0.2) is 35.8 Å². The third kappa shape index (κ3) is 4.17. The van der Waals surface area contributed by atoms with E-state index in [0.29, 0.717) is 23.8 Å². The predicted octanol–water partition coefficient (Wildman–Crippen LogP) is 4.45. The van der Waals surface area contributed by atoms with E-state index in [1.165, 1.54) is 11.3 Å². The van der Waals surface area contributed by atoms with Gasteiger partial charge in [-0.05, 0) is 42.0 Å². The Labute approximate surface area is 195 Å². The highest BCUT2D eigenvalue weighted by atomic mass is 32.1. The number of amides is 1. The van der Waals surface area contributed by atoms with Gasteiger partial charge in [-0.2, -0.15) is 0 Å². The number of para-hydroxylation sites is 1. The Morgan fingerprint density at radius 2 is 1.94 bits per heavy atom. The third-order valence-corrected chi connectivity index (χ3v) is 6.63. The fraction of sp³-hybridized carbons (Fsp3) is 0.200. The van der Waals surface area contributed by atoms with Gasteiger partial charge in [0.25, 0.3) is 5.91 Å². The molecule has 3 heterocycles. The molecule has 1 N–H and O–H groups in total. The van der Waals surface area contributed by atoms with E-state index in [-0.39, 0.29) is 5.91 Å². The molecule has 1 unspecified atom stereocenters. The van der Waals surface area contributed by atoms with Gasteiger partial charge in [0.2, 0.25) is 0 Å². The second-order valence-electron chi connectivity index (χ2n) is 7.57. The maximum atomic E-state index is 13.3.